The van der Waals surface area contributed by atoms with Crippen molar-refractivity contribution < 1.29 is 23.5 Å². The van der Waals surface area contributed by atoms with Crippen LogP contribution in [0.4, 0.5) is 4.39 Å². The number of hydrogen-bond donors (Lipinski definition) is 1. The molecule has 2 aliphatic rings. The number of likely N-dealkylation sites (tertiary alicyclic amines) is 1. The van der Waals surface area contributed by atoms with Gasteiger partial charge < -0.3 is 19.7 Å². The molecule has 170 valence electrons. The third-order valence-electron chi connectivity index (χ3n) is 5.69. The minimum absolute atomic E-state index is 0.0183. The van der Waals surface area contributed by atoms with E-state index in [1.54, 1.807) is 23.2 Å². The zero-order valence-electron chi connectivity index (χ0n) is 17.7. The first-order chi connectivity index (χ1) is 16.0. The Bertz CT molecular complexity index is 1180. The van der Waals surface area contributed by atoms with Gasteiger partial charge in [0, 0.05) is 32.0 Å². The topological polar surface area (TPSA) is 98.6 Å². The Morgan fingerprint density at radius 1 is 1.09 bits per heavy atom. The lowest BCUT2D eigenvalue weighted by Crippen LogP contribution is -2.31. The van der Waals surface area contributed by atoms with Gasteiger partial charge in [0.2, 0.25) is 12.7 Å². The van der Waals surface area contributed by atoms with Crippen molar-refractivity contribution in [2.75, 3.05) is 19.9 Å². The number of aromatic nitrogens is 3. The first-order valence-electron chi connectivity index (χ1n) is 10.6. The number of nitrogens with zero attached hydrogens (tertiary/aromatic N) is 4. The molecule has 5 rings (SSSR count). The monoisotopic (exact) mass is 451 g/mol. The number of benzene rings is 2. The van der Waals surface area contributed by atoms with Gasteiger partial charge in [0.25, 0.3) is 5.91 Å². The summed E-state index contributed by atoms with van der Waals surface area (Å²) in [5, 5.41) is 10.7. The number of rotatable bonds is 7. The number of carbonyl (C=O) groups excluding carboxylic acids is 2. The summed E-state index contributed by atoms with van der Waals surface area (Å²) in [7, 11) is 0. The molecule has 0 spiro atoms. The summed E-state index contributed by atoms with van der Waals surface area (Å²) < 4.78 is 25.3. The second-order valence-corrected chi connectivity index (χ2v) is 8.17. The molecule has 1 N–H and O–H groups in total. The molecular weight excluding hydrogens is 429 g/mol. The molecule has 0 bridgehead atoms. The standard InChI is InChI=1S/C23H22FN5O4/c24-18-4-1-15(2-5-18)12-29-13-19(26-27-29)23(31)25-9-17-8-22(30)28(11-17)10-16-3-6-20-21(7-16)33-14-32-20/h1-7,13,17H,8-12,14H2,(H,25,31). The lowest BCUT2D eigenvalue weighted by molar-refractivity contribution is -0.128. The van der Waals surface area contributed by atoms with Crippen LogP contribution >= 0.6 is 0 Å². The number of amides is 2. The van der Waals surface area contributed by atoms with E-state index >= 15 is 0 Å². The molecule has 9 nitrogen and oxygen atoms in total. The van der Waals surface area contributed by atoms with Crippen molar-refractivity contribution in [3.8, 4) is 11.5 Å². The van der Waals surface area contributed by atoms with E-state index in [1.807, 2.05) is 18.2 Å². The molecule has 2 aliphatic heterocycles. The SMILES string of the molecule is O=C(NCC1CC(=O)N(Cc2ccc3c(c2)OCO3)C1)c1cn(Cc2ccc(F)cc2)nn1. The Kier molecular flexibility index (Phi) is 5.64. The summed E-state index contributed by atoms with van der Waals surface area (Å²) in [5.41, 5.74) is 2.01. The van der Waals surface area contributed by atoms with Crippen molar-refractivity contribution in [3.63, 3.8) is 0 Å². The number of ether oxygens (including phenoxy) is 2. The molecule has 1 atom stereocenters. The summed E-state index contributed by atoms with van der Waals surface area (Å²) in [6.45, 7) is 2.01. The Morgan fingerprint density at radius 3 is 2.73 bits per heavy atom. The van der Waals surface area contributed by atoms with Crippen LogP contribution in [0.3, 0.4) is 0 Å². The lowest BCUT2D eigenvalue weighted by atomic mass is 10.1. The number of nitrogens with one attached hydrogen (secondary N) is 1. The van der Waals surface area contributed by atoms with Crippen LogP contribution in [0.1, 0.15) is 28.0 Å². The molecule has 3 aromatic rings. The summed E-state index contributed by atoms with van der Waals surface area (Å²) in [4.78, 5) is 26.7. The highest BCUT2D eigenvalue weighted by Crippen LogP contribution is 2.33. The number of halogens is 1. The molecule has 0 radical (unpaired) electrons. The van der Waals surface area contributed by atoms with Crippen molar-refractivity contribution in [3.05, 3.63) is 71.3 Å². The van der Waals surface area contributed by atoms with Crippen molar-refractivity contribution in [1.29, 1.82) is 0 Å². The molecule has 1 aromatic heterocycles. The Labute approximate surface area is 189 Å². The van der Waals surface area contributed by atoms with E-state index in [0.717, 1.165) is 11.1 Å². The van der Waals surface area contributed by atoms with Crippen LogP contribution in [0.25, 0.3) is 0 Å². The van der Waals surface area contributed by atoms with Crippen molar-refractivity contribution in [2.45, 2.75) is 19.5 Å². The van der Waals surface area contributed by atoms with Crippen LogP contribution in [0, 0.1) is 11.7 Å². The minimum atomic E-state index is -0.345. The van der Waals surface area contributed by atoms with Crippen molar-refractivity contribution in [1.82, 2.24) is 25.2 Å². The quantitative estimate of drug-likeness (QED) is 0.590. The van der Waals surface area contributed by atoms with Gasteiger partial charge in [0.05, 0.1) is 12.7 Å². The van der Waals surface area contributed by atoms with Gasteiger partial charge in [-0.3, -0.25) is 9.59 Å². The summed E-state index contributed by atoms with van der Waals surface area (Å²) in [5.74, 6) is 0.818. The van der Waals surface area contributed by atoms with E-state index in [2.05, 4.69) is 15.6 Å². The Balaban J connectivity index is 1.12. The normalized spacial score (nSPS) is 16.9. The molecule has 2 amide bonds. The van der Waals surface area contributed by atoms with Gasteiger partial charge in [0.15, 0.2) is 17.2 Å². The van der Waals surface area contributed by atoms with E-state index < -0.39 is 0 Å². The van der Waals surface area contributed by atoms with Gasteiger partial charge >= 0.3 is 0 Å². The summed E-state index contributed by atoms with van der Waals surface area (Å²) in [6, 6.07) is 11.7. The number of hydrogen-bond acceptors (Lipinski definition) is 6. The Morgan fingerprint density at radius 2 is 1.88 bits per heavy atom. The molecule has 3 heterocycles. The fourth-order valence-corrected chi connectivity index (χ4v) is 3.99. The zero-order valence-corrected chi connectivity index (χ0v) is 17.7. The van der Waals surface area contributed by atoms with Gasteiger partial charge in [-0.1, -0.05) is 23.4 Å². The highest BCUT2D eigenvalue weighted by atomic mass is 19.1. The highest BCUT2D eigenvalue weighted by molar-refractivity contribution is 5.91. The summed E-state index contributed by atoms with van der Waals surface area (Å²) in [6.07, 6.45) is 1.92. The minimum Gasteiger partial charge on any atom is -0.454 e. The van der Waals surface area contributed by atoms with Crippen molar-refractivity contribution >= 4 is 11.8 Å². The first-order valence-corrected chi connectivity index (χ1v) is 10.6. The zero-order chi connectivity index (χ0) is 22.8. The van der Waals surface area contributed by atoms with E-state index in [4.69, 9.17) is 9.47 Å². The average Bonchev–Trinajstić information content (AvgIpc) is 3.54. The third-order valence-corrected chi connectivity index (χ3v) is 5.69. The fourth-order valence-electron chi connectivity index (χ4n) is 3.99. The molecule has 1 saturated heterocycles. The van der Waals surface area contributed by atoms with E-state index in [9.17, 15) is 14.0 Å². The Hall–Kier alpha value is -3.95. The molecule has 2 aromatic carbocycles. The lowest BCUT2D eigenvalue weighted by Gasteiger charge is -2.17. The molecule has 0 aliphatic carbocycles. The van der Waals surface area contributed by atoms with Crippen molar-refractivity contribution in [2.24, 2.45) is 5.92 Å². The van der Waals surface area contributed by atoms with Gasteiger partial charge in [-0.2, -0.15) is 0 Å². The van der Waals surface area contributed by atoms with Crippen LogP contribution in [0.5, 0.6) is 11.5 Å². The van der Waals surface area contributed by atoms with Gasteiger partial charge in [-0.05, 0) is 35.4 Å². The first kappa shape index (κ1) is 20.9. The average molecular weight is 451 g/mol. The molecule has 1 fully saturated rings. The van der Waals surface area contributed by atoms with Gasteiger partial charge in [-0.25, -0.2) is 9.07 Å². The van der Waals surface area contributed by atoms with E-state index in [0.29, 0.717) is 44.1 Å². The smallest absolute Gasteiger partial charge is 0.273 e. The maximum atomic E-state index is 13.0. The van der Waals surface area contributed by atoms with Gasteiger partial charge in [-0.15, -0.1) is 5.10 Å². The van der Waals surface area contributed by atoms with Crippen LogP contribution in [-0.4, -0.2) is 51.6 Å². The third kappa shape index (κ3) is 4.79. The highest BCUT2D eigenvalue weighted by Gasteiger charge is 2.30. The van der Waals surface area contributed by atoms with E-state index in [1.165, 1.54) is 16.8 Å². The largest absolute Gasteiger partial charge is 0.454 e. The molecule has 10 heteroatoms. The predicted octanol–water partition coefficient (Wildman–Crippen LogP) is 1.97. The van der Waals surface area contributed by atoms with Crippen LogP contribution < -0.4 is 14.8 Å². The predicted molar refractivity (Wildman–Crippen MR) is 114 cm³/mol. The second-order valence-electron chi connectivity index (χ2n) is 8.17. The maximum absolute atomic E-state index is 13.0. The molecule has 1 unspecified atom stereocenters. The van der Waals surface area contributed by atoms with Crippen LogP contribution in [0.15, 0.2) is 48.7 Å². The molecule has 0 saturated carbocycles. The second kappa shape index (κ2) is 8.89. The van der Waals surface area contributed by atoms with Crippen LogP contribution in [-0.2, 0) is 17.9 Å². The number of fused-ring (bicyclic) bond motifs is 1. The van der Waals surface area contributed by atoms with E-state index in [-0.39, 0.29) is 36.0 Å². The molecular formula is C23H22FN5O4. The fraction of sp³-hybridized carbons (Fsp3) is 0.304. The van der Waals surface area contributed by atoms with Gasteiger partial charge in [0.1, 0.15) is 5.82 Å². The maximum Gasteiger partial charge on any atom is 0.273 e. The molecule has 33 heavy (non-hydrogen) atoms. The summed E-state index contributed by atoms with van der Waals surface area (Å²) >= 11 is 0. The number of carbonyl (C=O) groups is 2. The van der Waals surface area contributed by atoms with Crippen LogP contribution in [0.2, 0.25) is 0 Å².